The van der Waals surface area contributed by atoms with Gasteiger partial charge in [0.15, 0.2) is 0 Å². The number of hydrogen-bond acceptors (Lipinski definition) is 4. The smallest absolute Gasteiger partial charge is 0.322 e. The summed E-state index contributed by atoms with van der Waals surface area (Å²) in [6.45, 7) is 12.8. The number of methoxy groups -OCH3 is 1. The molecule has 2 atom stereocenters. The number of carbonyl (C=O) groups excluding carboxylic acids is 1. The van der Waals surface area contributed by atoms with Gasteiger partial charge in [-0.1, -0.05) is 27.7 Å². The number of rotatable bonds is 8. The van der Waals surface area contributed by atoms with Crippen LogP contribution < -0.4 is 5.32 Å². The molecule has 0 aliphatic carbocycles. The average Bonchev–Trinajstić information content (AvgIpc) is 2.35. The Morgan fingerprint density at radius 2 is 1.95 bits per heavy atom. The third-order valence-electron chi connectivity index (χ3n) is 3.81. The molecule has 0 aliphatic heterocycles. The molecule has 0 bridgehead atoms. The van der Waals surface area contributed by atoms with Gasteiger partial charge in [0.25, 0.3) is 0 Å². The summed E-state index contributed by atoms with van der Waals surface area (Å²) >= 11 is 0. The molecule has 4 heteroatoms. The Labute approximate surface area is 118 Å². The van der Waals surface area contributed by atoms with Crippen LogP contribution in [0.15, 0.2) is 0 Å². The topological polar surface area (TPSA) is 41.6 Å². The van der Waals surface area contributed by atoms with Crippen LogP contribution in [0.25, 0.3) is 0 Å². The molecule has 0 saturated heterocycles. The molecule has 0 aromatic carbocycles. The van der Waals surface area contributed by atoms with Crippen molar-refractivity contribution in [2.45, 2.75) is 59.5 Å². The average molecular weight is 272 g/mol. The molecule has 0 spiro atoms. The van der Waals surface area contributed by atoms with Crippen molar-refractivity contribution in [2.24, 2.45) is 5.41 Å². The van der Waals surface area contributed by atoms with Gasteiger partial charge >= 0.3 is 5.97 Å². The van der Waals surface area contributed by atoms with Crippen LogP contribution in [0.2, 0.25) is 0 Å². The van der Waals surface area contributed by atoms with Crippen LogP contribution in [-0.2, 0) is 9.53 Å². The van der Waals surface area contributed by atoms with E-state index in [0.717, 1.165) is 25.9 Å². The highest BCUT2D eigenvalue weighted by Crippen LogP contribution is 2.23. The van der Waals surface area contributed by atoms with Crippen molar-refractivity contribution in [2.75, 3.05) is 27.2 Å². The van der Waals surface area contributed by atoms with Gasteiger partial charge in [0.05, 0.1) is 7.11 Å². The Hall–Kier alpha value is -0.610. The first-order valence-corrected chi connectivity index (χ1v) is 7.25. The highest BCUT2D eigenvalue weighted by Gasteiger charge is 2.25. The Bertz CT molecular complexity index is 261. The van der Waals surface area contributed by atoms with E-state index in [1.54, 1.807) is 0 Å². The van der Waals surface area contributed by atoms with E-state index in [0.29, 0.717) is 6.04 Å². The zero-order valence-corrected chi connectivity index (χ0v) is 13.7. The van der Waals surface area contributed by atoms with Gasteiger partial charge in [-0.2, -0.15) is 0 Å². The lowest BCUT2D eigenvalue weighted by Gasteiger charge is -2.36. The summed E-state index contributed by atoms with van der Waals surface area (Å²) in [6, 6.07) is 0.275. The second-order valence-electron chi connectivity index (χ2n) is 6.34. The monoisotopic (exact) mass is 272 g/mol. The lowest BCUT2D eigenvalue weighted by molar-refractivity contribution is -0.143. The van der Waals surface area contributed by atoms with Gasteiger partial charge in [-0.15, -0.1) is 0 Å². The van der Waals surface area contributed by atoms with E-state index in [-0.39, 0.29) is 17.4 Å². The van der Waals surface area contributed by atoms with Crippen LogP contribution in [0.5, 0.6) is 0 Å². The Morgan fingerprint density at radius 1 is 1.37 bits per heavy atom. The Morgan fingerprint density at radius 3 is 2.37 bits per heavy atom. The van der Waals surface area contributed by atoms with E-state index < -0.39 is 0 Å². The lowest BCUT2D eigenvalue weighted by Crippen LogP contribution is -2.44. The Balaban J connectivity index is 4.34. The molecule has 0 fully saturated rings. The van der Waals surface area contributed by atoms with Gasteiger partial charge in [0.1, 0.15) is 6.04 Å². The van der Waals surface area contributed by atoms with E-state index in [4.69, 9.17) is 4.74 Å². The van der Waals surface area contributed by atoms with Crippen molar-refractivity contribution in [1.82, 2.24) is 10.2 Å². The standard InChI is InChI=1S/C15H32N2O2/c1-8-10-16-13(14(18)19-7)9-11-17(6)12(2)15(3,4)5/h12-13,16H,8-11H2,1-7H3. The molecule has 4 nitrogen and oxygen atoms in total. The molecule has 0 amide bonds. The molecule has 114 valence electrons. The summed E-state index contributed by atoms with van der Waals surface area (Å²) in [6.07, 6.45) is 1.80. The number of nitrogens with zero attached hydrogens (tertiary/aromatic N) is 1. The maximum atomic E-state index is 11.7. The highest BCUT2D eigenvalue weighted by atomic mass is 16.5. The largest absolute Gasteiger partial charge is 0.468 e. The fraction of sp³-hybridized carbons (Fsp3) is 0.933. The summed E-state index contributed by atoms with van der Waals surface area (Å²) in [5, 5.41) is 3.25. The van der Waals surface area contributed by atoms with E-state index in [1.165, 1.54) is 7.11 Å². The van der Waals surface area contributed by atoms with Crippen molar-refractivity contribution in [3.05, 3.63) is 0 Å². The minimum Gasteiger partial charge on any atom is -0.468 e. The molecule has 0 aliphatic rings. The predicted molar refractivity (Wildman–Crippen MR) is 80.3 cm³/mol. The fourth-order valence-electron chi connectivity index (χ4n) is 1.95. The van der Waals surface area contributed by atoms with Gasteiger partial charge in [0.2, 0.25) is 0 Å². The molecule has 1 N–H and O–H groups in total. The zero-order chi connectivity index (χ0) is 15.1. The fourth-order valence-corrected chi connectivity index (χ4v) is 1.95. The SMILES string of the molecule is CCCNC(CCN(C)C(C)C(C)(C)C)C(=O)OC. The van der Waals surface area contributed by atoms with E-state index in [1.807, 2.05) is 0 Å². The maximum absolute atomic E-state index is 11.7. The number of ether oxygens (including phenoxy) is 1. The van der Waals surface area contributed by atoms with Crippen molar-refractivity contribution in [3.8, 4) is 0 Å². The van der Waals surface area contributed by atoms with Crippen molar-refractivity contribution >= 4 is 5.97 Å². The van der Waals surface area contributed by atoms with Crippen LogP contribution >= 0.6 is 0 Å². The van der Waals surface area contributed by atoms with Crippen molar-refractivity contribution < 1.29 is 9.53 Å². The van der Waals surface area contributed by atoms with Gasteiger partial charge in [-0.25, -0.2) is 0 Å². The first kappa shape index (κ1) is 18.4. The molecular weight excluding hydrogens is 240 g/mol. The number of esters is 1. The maximum Gasteiger partial charge on any atom is 0.322 e. The molecule has 2 unspecified atom stereocenters. The quantitative estimate of drug-likeness (QED) is 0.688. The summed E-state index contributed by atoms with van der Waals surface area (Å²) in [5.41, 5.74) is 0.242. The summed E-state index contributed by atoms with van der Waals surface area (Å²) in [5.74, 6) is -0.162. The second kappa shape index (κ2) is 8.54. The molecule has 0 saturated carbocycles. The minimum absolute atomic E-state index is 0.162. The molecule has 0 heterocycles. The van der Waals surface area contributed by atoms with Gasteiger partial charge < -0.3 is 15.0 Å². The molecule has 0 aromatic heterocycles. The van der Waals surface area contributed by atoms with Crippen LogP contribution in [0.1, 0.15) is 47.5 Å². The van der Waals surface area contributed by atoms with Crippen LogP contribution in [0.4, 0.5) is 0 Å². The summed E-state index contributed by atoms with van der Waals surface area (Å²) in [7, 11) is 3.56. The van der Waals surface area contributed by atoms with Crippen molar-refractivity contribution in [3.63, 3.8) is 0 Å². The number of carbonyl (C=O) groups is 1. The molecule has 19 heavy (non-hydrogen) atoms. The van der Waals surface area contributed by atoms with Gasteiger partial charge in [-0.05, 0) is 38.8 Å². The van der Waals surface area contributed by atoms with Crippen LogP contribution in [-0.4, -0.2) is 50.2 Å². The molecule has 0 rings (SSSR count). The van der Waals surface area contributed by atoms with Crippen LogP contribution in [0, 0.1) is 5.41 Å². The second-order valence-corrected chi connectivity index (χ2v) is 6.34. The zero-order valence-electron chi connectivity index (χ0n) is 13.7. The predicted octanol–water partition coefficient (Wildman–Crippen LogP) is 2.28. The van der Waals surface area contributed by atoms with Gasteiger partial charge in [-0.3, -0.25) is 4.79 Å². The van der Waals surface area contributed by atoms with E-state index >= 15 is 0 Å². The Kier molecular flexibility index (Phi) is 8.26. The van der Waals surface area contributed by atoms with Gasteiger partial charge in [0, 0.05) is 12.6 Å². The summed E-state index contributed by atoms with van der Waals surface area (Å²) in [4.78, 5) is 14.0. The number of nitrogens with one attached hydrogen (secondary N) is 1. The minimum atomic E-state index is -0.195. The first-order valence-electron chi connectivity index (χ1n) is 7.25. The van der Waals surface area contributed by atoms with E-state index in [2.05, 4.69) is 51.9 Å². The number of hydrogen-bond donors (Lipinski definition) is 1. The normalized spacial score (nSPS) is 15.4. The summed E-state index contributed by atoms with van der Waals surface area (Å²) < 4.78 is 4.85. The third kappa shape index (κ3) is 6.92. The molecule has 0 aromatic rings. The van der Waals surface area contributed by atoms with Crippen LogP contribution in [0.3, 0.4) is 0 Å². The molecule has 0 radical (unpaired) electrons. The first-order chi connectivity index (χ1) is 8.73. The molecular formula is C15H32N2O2. The lowest BCUT2D eigenvalue weighted by atomic mass is 9.87. The van der Waals surface area contributed by atoms with Crippen molar-refractivity contribution in [1.29, 1.82) is 0 Å². The highest BCUT2D eigenvalue weighted by molar-refractivity contribution is 5.75. The third-order valence-corrected chi connectivity index (χ3v) is 3.81. The van der Waals surface area contributed by atoms with E-state index in [9.17, 15) is 4.79 Å².